The Morgan fingerprint density at radius 1 is 1.28 bits per heavy atom. The molecule has 2 rings (SSSR count). The van der Waals surface area contributed by atoms with E-state index in [4.69, 9.17) is 28.2 Å². The van der Waals surface area contributed by atoms with Crippen LogP contribution in [0.15, 0.2) is 41.3 Å². The van der Waals surface area contributed by atoms with E-state index in [1.54, 1.807) is 12.2 Å². The van der Waals surface area contributed by atoms with Crippen LogP contribution in [0.2, 0.25) is 0 Å². The van der Waals surface area contributed by atoms with Crippen molar-refractivity contribution in [3.8, 4) is 0 Å². The molecule has 0 spiro atoms. The van der Waals surface area contributed by atoms with E-state index < -0.39 is 30.4 Å². The maximum Gasteiger partial charge on any atom is 0.323 e. The van der Waals surface area contributed by atoms with Gasteiger partial charge in [0, 0.05) is 6.42 Å². The number of primary amides is 1. The quantitative estimate of drug-likeness (QED) is 0.307. The number of carboxylic acid groups (broad SMARTS) is 2. The molecule has 11 heteroatoms. The van der Waals surface area contributed by atoms with E-state index in [1.807, 2.05) is 37.3 Å². The number of thiocarbonyl (C=S) groups is 1. The second-order valence-electron chi connectivity index (χ2n) is 6.58. The lowest BCUT2D eigenvalue weighted by atomic mass is 10.1. The Morgan fingerprint density at radius 3 is 2.47 bits per heavy atom. The number of carbonyl (C=O) groups excluding carboxylic acids is 2. The van der Waals surface area contributed by atoms with Gasteiger partial charge in [-0.05, 0) is 37.6 Å². The van der Waals surface area contributed by atoms with E-state index >= 15 is 0 Å². The normalized spacial score (nSPS) is 15.6. The van der Waals surface area contributed by atoms with Crippen molar-refractivity contribution >= 4 is 58.1 Å². The summed E-state index contributed by atoms with van der Waals surface area (Å²) in [5.41, 5.74) is 7.04. The van der Waals surface area contributed by atoms with Crippen molar-refractivity contribution in [2.45, 2.75) is 25.8 Å². The predicted molar refractivity (Wildman–Crippen MR) is 127 cm³/mol. The number of benzene rings is 1. The number of nitrogens with zero attached hydrogens (tertiary/aromatic N) is 1. The third-order valence-electron chi connectivity index (χ3n) is 4.20. The number of hydrogen-bond acceptors (Lipinski definition) is 7. The molecule has 1 atom stereocenters. The van der Waals surface area contributed by atoms with Crippen molar-refractivity contribution in [3.63, 3.8) is 0 Å². The van der Waals surface area contributed by atoms with Crippen LogP contribution in [-0.4, -0.2) is 62.8 Å². The maximum atomic E-state index is 12.0. The number of rotatable bonds is 9. The molecule has 0 saturated carbocycles. The van der Waals surface area contributed by atoms with Gasteiger partial charge >= 0.3 is 11.9 Å². The number of allylic oxidation sites excluding steroid dienone is 2. The fourth-order valence-electron chi connectivity index (χ4n) is 2.48. The van der Waals surface area contributed by atoms with Crippen molar-refractivity contribution in [2.75, 3.05) is 13.6 Å². The first-order valence-corrected chi connectivity index (χ1v) is 10.7. The topological polar surface area (TPSA) is 150 Å². The van der Waals surface area contributed by atoms with E-state index in [9.17, 15) is 19.2 Å². The van der Waals surface area contributed by atoms with Crippen molar-refractivity contribution < 1.29 is 29.4 Å². The van der Waals surface area contributed by atoms with Crippen LogP contribution >= 0.6 is 24.0 Å². The van der Waals surface area contributed by atoms with Gasteiger partial charge in [-0.15, -0.1) is 0 Å². The summed E-state index contributed by atoms with van der Waals surface area (Å²) in [5, 5.41) is 19.8. The van der Waals surface area contributed by atoms with Crippen LogP contribution in [0.3, 0.4) is 0 Å². The summed E-state index contributed by atoms with van der Waals surface area (Å²) in [7, 11) is 1.53. The van der Waals surface area contributed by atoms with Crippen LogP contribution in [0.4, 0.5) is 0 Å². The van der Waals surface area contributed by atoms with Crippen LogP contribution in [0.5, 0.6) is 0 Å². The largest absolute Gasteiger partial charge is 0.480 e. The number of aryl methyl sites for hydroxylation is 1. The molecule has 1 aromatic carbocycles. The SMILES string of the molecule is CN[C@H](CCC(N)=O)C(=O)O.Cc1ccccc1C=CC=C1SC(=S)N(CC(=O)O)C1=O. The Bertz CT molecular complexity index is 945. The smallest absolute Gasteiger partial charge is 0.323 e. The van der Waals surface area contributed by atoms with Gasteiger partial charge in [-0.25, -0.2) is 0 Å². The molecule has 172 valence electrons. The molecular weight excluding hydrogens is 454 g/mol. The summed E-state index contributed by atoms with van der Waals surface area (Å²) in [5.74, 6) is -2.88. The summed E-state index contributed by atoms with van der Waals surface area (Å²) in [4.78, 5) is 44.8. The third-order valence-corrected chi connectivity index (χ3v) is 5.60. The third kappa shape index (κ3) is 9.00. The summed E-state index contributed by atoms with van der Waals surface area (Å²) >= 11 is 6.13. The van der Waals surface area contributed by atoms with Gasteiger partial charge in [-0.3, -0.25) is 24.1 Å². The van der Waals surface area contributed by atoms with Crippen LogP contribution in [-0.2, 0) is 19.2 Å². The Morgan fingerprint density at radius 2 is 1.94 bits per heavy atom. The zero-order chi connectivity index (χ0) is 24.3. The molecule has 1 fully saturated rings. The van der Waals surface area contributed by atoms with Gasteiger partial charge in [0.2, 0.25) is 5.91 Å². The predicted octanol–water partition coefficient (Wildman–Crippen LogP) is 1.76. The summed E-state index contributed by atoms with van der Waals surface area (Å²) in [6.07, 6.45) is 5.67. The highest BCUT2D eigenvalue weighted by Gasteiger charge is 2.32. The van der Waals surface area contributed by atoms with Crippen molar-refractivity contribution in [1.29, 1.82) is 0 Å². The molecule has 0 aliphatic carbocycles. The van der Waals surface area contributed by atoms with E-state index in [-0.39, 0.29) is 23.1 Å². The lowest BCUT2D eigenvalue weighted by molar-refractivity contribution is -0.140. The minimum absolute atomic E-state index is 0.0950. The minimum atomic E-state index is -1.08. The summed E-state index contributed by atoms with van der Waals surface area (Å²) in [6.45, 7) is 1.61. The van der Waals surface area contributed by atoms with Crippen LogP contribution in [0.25, 0.3) is 6.08 Å². The van der Waals surface area contributed by atoms with E-state index in [2.05, 4.69) is 5.32 Å². The molecule has 1 aliphatic rings. The first-order chi connectivity index (χ1) is 15.1. The van der Waals surface area contributed by atoms with Gasteiger partial charge in [0.25, 0.3) is 5.91 Å². The molecule has 0 radical (unpaired) electrons. The first-order valence-electron chi connectivity index (χ1n) is 9.44. The average molecular weight is 480 g/mol. The Balaban J connectivity index is 0.000000396. The van der Waals surface area contributed by atoms with Crippen LogP contribution in [0, 0.1) is 6.92 Å². The van der Waals surface area contributed by atoms with Crippen molar-refractivity contribution in [1.82, 2.24) is 10.2 Å². The highest BCUT2D eigenvalue weighted by atomic mass is 32.2. The highest BCUT2D eigenvalue weighted by molar-refractivity contribution is 8.26. The van der Waals surface area contributed by atoms with E-state index in [0.29, 0.717) is 4.91 Å². The lowest BCUT2D eigenvalue weighted by Gasteiger charge is -2.09. The average Bonchev–Trinajstić information content (AvgIpc) is 2.97. The summed E-state index contributed by atoms with van der Waals surface area (Å²) in [6, 6.07) is 7.21. The molecule has 0 unspecified atom stereocenters. The van der Waals surface area contributed by atoms with Gasteiger partial charge in [0.15, 0.2) is 0 Å². The lowest BCUT2D eigenvalue weighted by Crippen LogP contribution is -2.34. The number of amides is 2. The zero-order valence-electron chi connectivity index (χ0n) is 17.6. The second-order valence-corrected chi connectivity index (χ2v) is 8.26. The molecular formula is C21H25N3O6S2. The molecule has 2 amide bonds. The molecule has 1 aliphatic heterocycles. The second kappa shape index (κ2) is 13.4. The zero-order valence-corrected chi connectivity index (χ0v) is 19.2. The van der Waals surface area contributed by atoms with Gasteiger partial charge < -0.3 is 21.3 Å². The molecule has 0 bridgehead atoms. The van der Waals surface area contributed by atoms with E-state index in [1.165, 1.54) is 7.05 Å². The molecule has 5 N–H and O–H groups in total. The molecule has 1 saturated heterocycles. The first kappa shape index (κ1) is 27.0. The van der Waals surface area contributed by atoms with Gasteiger partial charge in [-0.2, -0.15) is 0 Å². The molecule has 0 aromatic heterocycles. The fourth-order valence-corrected chi connectivity index (χ4v) is 3.68. The Hall–Kier alpha value is -3.02. The molecule has 32 heavy (non-hydrogen) atoms. The van der Waals surface area contributed by atoms with Gasteiger partial charge in [-0.1, -0.05) is 60.4 Å². The molecule has 1 heterocycles. The number of carbonyl (C=O) groups is 4. The number of aliphatic carboxylic acids is 2. The van der Waals surface area contributed by atoms with Gasteiger partial charge in [0.05, 0.1) is 4.91 Å². The maximum absolute atomic E-state index is 12.0. The van der Waals surface area contributed by atoms with E-state index in [0.717, 1.165) is 27.8 Å². The number of thioether (sulfide) groups is 1. The Labute approximate surface area is 195 Å². The number of nitrogens with one attached hydrogen (secondary N) is 1. The van der Waals surface area contributed by atoms with Crippen molar-refractivity contribution in [3.05, 3.63) is 52.4 Å². The summed E-state index contributed by atoms with van der Waals surface area (Å²) < 4.78 is 0.276. The number of likely N-dealkylation sites (N-methyl/N-ethyl adjacent to an activating group) is 1. The fraction of sp³-hybridized carbons (Fsp3) is 0.286. The number of hydrogen-bond donors (Lipinski definition) is 4. The standard InChI is InChI=1S/C15H13NO3S2.C6H12N2O3/c1-10-5-2-3-6-11(10)7-4-8-12-14(19)16(9-13(17)18)15(20)21-12;1-8-4(6(10)11)2-3-5(7)9/h2-8H,9H2,1H3,(H,17,18);4,8H,2-3H2,1H3,(H2,7,9)(H,10,11)/t;4-/m.1/s1. The van der Waals surface area contributed by atoms with Gasteiger partial charge in [0.1, 0.15) is 16.9 Å². The minimum Gasteiger partial charge on any atom is -0.480 e. The Kier molecular flexibility index (Phi) is 11.3. The number of nitrogens with two attached hydrogens (primary N) is 1. The monoisotopic (exact) mass is 479 g/mol. The molecule has 9 nitrogen and oxygen atoms in total. The highest BCUT2D eigenvalue weighted by Crippen LogP contribution is 2.30. The number of carboxylic acids is 2. The molecule has 1 aromatic rings. The van der Waals surface area contributed by atoms with Crippen molar-refractivity contribution in [2.24, 2.45) is 5.73 Å². The van der Waals surface area contributed by atoms with Crippen LogP contribution < -0.4 is 11.1 Å². The van der Waals surface area contributed by atoms with Crippen LogP contribution in [0.1, 0.15) is 24.0 Å².